The van der Waals surface area contributed by atoms with E-state index in [0.717, 1.165) is 5.56 Å². The zero-order chi connectivity index (χ0) is 29.2. The average Bonchev–Trinajstić information content (AvgIpc) is 2.79. The predicted molar refractivity (Wildman–Crippen MR) is 151 cm³/mol. The average molecular weight is 669 g/mol. The minimum absolute atomic E-state index is 0. The molecule has 0 unspecified atom stereocenters. The summed E-state index contributed by atoms with van der Waals surface area (Å²) < 4.78 is 58.9. The third-order valence-electron chi connectivity index (χ3n) is 4.90. The summed E-state index contributed by atoms with van der Waals surface area (Å²) in [6.45, 7) is 19.3. The van der Waals surface area contributed by atoms with Crippen molar-refractivity contribution in [3.63, 3.8) is 0 Å². The predicted octanol–water partition coefficient (Wildman–Crippen LogP) is 8.14. The molecule has 0 aromatic heterocycles. The molecular weight excluding hydrogens is 635 g/mol. The van der Waals surface area contributed by atoms with Gasteiger partial charge in [0, 0.05) is 20.4 Å². The number of halogens is 3. The van der Waals surface area contributed by atoms with Gasteiger partial charge in [0.05, 0.1) is 0 Å². The van der Waals surface area contributed by atoms with Crippen molar-refractivity contribution in [3.8, 4) is 11.1 Å². The van der Waals surface area contributed by atoms with Gasteiger partial charge >= 0.3 is 5.51 Å². The van der Waals surface area contributed by atoms with Gasteiger partial charge in [-0.15, -0.1) is 0 Å². The summed E-state index contributed by atoms with van der Waals surface area (Å²) in [4.78, 5) is 0. The first-order chi connectivity index (χ1) is 17.4. The summed E-state index contributed by atoms with van der Waals surface area (Å²) in [5.74, 6) is 0. The van der Waals surface area contributed by atoms with Gasteiger partial charge in [-0.05, 0) is 26.7 Å². The Labute approximate surface area is 247 Å². The second-order valence-corrected chi connectivity index (χ2v) is 15.4. The summed E-state index contributed by atoms with van der Waals surface area (Å²) in [5.41, 5.74) is -1.84. The van der Waals surface area contributed by atoms with Gasteiger partial charge in [-0.2, -0.15) is 25.3 Å². The van der Waals surface area contributed by atoms with Crippen molar-refractivity contribution in [2.24, 2.45) is 0 Å². The maximum absolute atomic E-state index is 10.7. The van der Waals surface area contributed by atoms with Gasteiger partial charge in [0.25, 0.3) is 0 Å². The van der Waals surface area contributed by atoms with E-state index in [1.807, 2.05) is 30.3 Å². The molecule has 0 aliphatic rings. The quantitative estimate of drug-likeness (QED) is 0.0928. The van der Waals surface area contributed by atoms with E-state index in [1.54, 1.807) is 6.42 Å². The molecule has 0 amide bonds. The number of hydrogen-bond acceptors (Lipinski definition) is 3. The molecule has 3 rings (SSSR count). The van der Waals surface area contributed by atoms with E-state index in [2.05, 4.69) is 102 Å². The van der Waals surface area contributed by atoms with E-state index in [0.29, 0.717) is 10.3 Å². The fourth-order valence-electron chi connectivity index (χ4n) is 3.90. The van der Waals surface area contributed by atoms with E-state index in [4.69, 9.17) is 19.5 Å². The van der Waals surface area contributed by atoms with Crippen LogP contribution in [0.4, 0.5) is 13.2 Å². The van der Waals surface area contributed by atoms with Crippen LogP contribution in [0.2, 0.25) is 0 Å². The number of rotatable bonds is 4. The monoisotopic (exact) mass is 668 g/mol. The molecule has 39 heavy (non-hydrogen) atoms. The molecule has 0 saturated heterocycles. The first-order valence-corrected chi connectivity index (χ1v) is 14.5. The van der Waals surface area contributed by atoms with Gasteiger partial charge < -0.3 is 29.2 Å². The van der Waals surface area contributed by atoms with E-state index in [1.165, 1.54) is 16.4 Å². The molecule has 9 heteroatoms. The molecule has 0 spiro atoms. The maximum atomic E-state index is 10.7. The molecule has 0 heterocycles. The van der Waals surface area contributed by atoms with Crippen molar-refractivity contribution in [2.45, 2.75) is 57.4 Å². The molecule has 0 saturated carbocycles. The molecule has 3 aromatic rings. The molecule has 218 valence electrons. The number of benzene rings is 3. The Kier molecular flexibility index (Phi) is 15.0. The molecule has 0 bridgehead atoms. The van der Waals surface area contributed by atoms with Crippen molar-refractivity contribution < 1.29 is 46.6 Å². The fourth-order valence-corrected chi connectivity index (χ4v) is 8.04. The van der Waals surface area contributed by atoms with Gasteiger partial charge in [0.2, 0.25) is 0 Å². The molecule has 0 atom stereocenters. The van der Waals surface area contributed by atoms with Crippen molar-refractivity contribution in [1.29, 1.82) is 0 Å². The number of alkyl halides is 3. The van der Waals surface area contributed by atoms with E-state index in [-0.39, 0.29) is 28.3 Å². The van der Waals surface area contributed by atoms with Gasteiger partial charge in [0.1, 0.15) is 0 Å². The summed E-state index contributed by atoms with van der Waals surface area (Å²) >= 11 is 0. The van der Waals surface area contributed by atoms with Crippen LogP contribution in [-0.4, -0.2) is 28.8 Å². The van der Waals surface area contributed by atoms with Crippen LogP contribution < -0.4 is 5.30 Å². The first kappa shape index (κ1) is 37.1. The Morgan fingerprint density at radius 3 is 1.54 bits per heavy atom. The Balaban J connectivity index is 0.000000664. The molecule has 0 N–H and O–H groups in total. The number of allylic oxidation sites excluding steroid dienone is 1. The van der Waals surface area contributed by atoms with Crippen LogP contribution in [0.5, 0.6) is 0 Å². The fraction of sp³-hybridized carbons (Fsp3) is 0.300. The Morgan fingerprint density at radius 1 is 0.769 bits per heavy atom. The molecular formula is C30H34F3O3PPdS-4. The molecule has 0 aliphatic carbocycles. The molecule has 0 radical (unpaired) electrons. The zero-order valence-corrected chi connectivity index (χ0v) is 26.0. The van der Waals surface area contributed by atoms with Gasteiger partial charge in [-0.3, -0.25) is 0 Å². The van der Waals surface area contributed by atoms with Crippen LogP contribution >= 0.6 is 7.92 Å². The van der Waals surface area contributed by atoms with Crippen molar-refractivity contribution in [1.82, 2.24) is 0 Å². The van der Waals surface area contributed by atoms with E-state index >= 15 is 0 Å². The summed E-state index contributed by atoms with van der Waals surface area (Å²) in [5, 5.41) is 2.11. The minimum atomic E-state index is -6.09. The Hall–Kier alpha value is -1.94. The minimum Gasteiger partial charge on any atom is -0.741 e. The standard InChI is InChI=1S/C20H27P.C9H7.CHF3O3S.Pd/c1-19(2,3)21(20(4,5)6)18-15-11-10-14-17(18)16-12-8-7-9-13-16;1-2-6-9-7-4-3-5-8-9;2-1(3,4)8(5,6)7;/h7-15H,1-6H3;1,3-8H;(H,5,6,7);/q;-3;;/p-1. The zero-order valence-electron chi connectivity index (χ0n) is 22.8. The van der Waals surface area contributed by atoms with Crippen LogP contribution in [0, 0.1) is 19.1 Å². The van der Waals surface area contributed by atoms with Crippen molar-refractivity contribution in [2.75, 3.05) is 0 Å². The largest absolute Gasteiger partial charge is 0.741 e. The Morgan fingerprint density at radius 2 is 1.15 bits per heavy atom. The van der Waals surface area contributed by atoms with Crippen LogP contribution in [-0.2, 0) is 30.5 Å². The van der Waals surface area contributed by atoms with E-state index < -0.39 is 15.6 Å². The molecule has 0 fully saturated rings. The van der Waals surface area contributed by atoms with Crippen LogP contribution in [0.15, 0.2) is 84.9 Å². The maximum Gasteiger partial charge on any atom is 0.485 e. The normalized spacial score (nSPS) is 11.7. The second kappa shape index (κ2) is 15.7. The SMILES string of the molecule is CC(C)(C)P(c1ccccc1-c1ccccc1)C(C)(C)C.O=S(=O)([O-])C(F)(F)F.[CH-]=[C-][CH-]c1ccccc1.[Pd]. The number of hydrogen-bond donors (Lipinski definition) is 0. The van der Waals surface area contributed by atoms with Crippen LogP contribution in [0.25, 0.3) is 11.1 Å². The third kappa shape index (κ3) is 12.9. The summed E-state index contributed by atoms with van der Waals surface area (Å²) in [6.07, 6.45) is 4.20. The first-order valence-electron chi connectivity index (χ1n) is 11.7. The summed E-state index contributed by atoms with van der Waals surface area (Å²) in [7, 11) is -6.37. The second-order valence-electron chi connectivity index (χ2n) is 10.2. The van der Waals surface area contributed by atoms with Gasteiger partial charge in [-0.1, -0.05) is 122 Å². The van der Waals surface area contributed by atoms with Crippen LogP contribution in [0.3, 0.4) is 0 Å². The van der Waals surface area contributed by atoms with Crippen molar-refractivity contribution >= 4 is 23.3 Å². The summed E-state index contributed by atoms with van der Waals surface area (Å²) in [6, 6.07) is 29.6. The van der Waals surface area contributed by atoms with E-state index in [9.17, 15) is 13.2 Å². The molecule has 3 aromatic carbocycles. The third-order valence-corrected chi connectivity index (χ3v) is 9.03. The molecule has 3 nitrogen and oxygen atoms in total. The van der Waals surface area contributed by atoms with Crippen molar-refractivity contribution in [3.05, 3.63) is 110 Å². The smallest absolute Gasteiger partial charge is 0.485 e. The topological polar surface area (TPSA) is 57.2 Å². The Bertz CT molecular complexity index is 1220. The van der Waals surface area contributed by atoms with Gasteiger partial charge in [0.15, 0.2) is 10.1 Å². The van der Waals surface area contributed by atoms with Gasteiger partial charge in [-0.25, -0.2) is 8.42 Å². The molecule has 0 aliphatic heterocycles. The van der Waals surface area contributed by atoms with Crippen LogP contribution in [0.1, 0.15) is 47.1 Å².